The summed E-state index contributed by atoms with van der Waals surface area (Å²) in [7, 11) is 0. The Balaban J connectivity index is 1.70. The third-order valence-corrected chi connectivity index (χ3v) is 7.93. The van der Waals surface area contributed by atoms with E-state index < -0.39 is 60.3 Å². The average Bonchev–Trinajstić information content (AvgIpc) is 3.39. The molecule has 0 spiro atoms. The Kier molecular flexibility index (Phi) is 10.5. The summed E-state index contributed by atoms with van der Waals surface area (Å²) in [6.45, 7) is 4.39. The van der Waals surface area contributed by atoms with Crippen LogP contribution in [0.5, 0.6) is 0 Å². The van der Waals surface area contributed by atoms with Gasteiger partial charge in [-0.25, -0.2) is 4.98 Å². The first-order chi connectivity index (χ1) is 20.4. The zero-order chi connectivity index (χ0) is 31.3. The van der Waals surface area contributed by atoms with Gasteiger partial charge in [-0.3, -0.25) is 19.2 Å². The molecule has 2 unspecified atom stereocenters. The summed E-state index contributed by atoms with van der Waals surface area (Å²) in [5.74, 6) is -3.28. The molecule has 3 aromatic rings. The predicted molar refractivity (Wildman–Crippen MR) is 153 cm³/mol. The molecule has 0 amide bonds. The second kappa shape index (κ2) is 14.1. The quantitative estimate of drug-likeness (QED) is 0.181. The number of rotatable bonds is 9. The van der Waals surface area contributed by atoms with E-state index in [1.165, 1.54) is 44.4 Å². The molecule has 10 nitrogen and oxygen atoms in total. The molecule has 1 fully saturated rings. The molecule has 0 bridgehead atoms. The smallest absolute Gasteiger partial charge is 0.303 e. The van der Waals surface area contributed by atoms with Crippen molar-refractivity contribution in [2.24, 2.45) is 0 Å². The molecule has 0 radical (unpaired) electrons. The number of hydrogen-bond donors (Lipinski definition) is 0. The average molecular weight is 634 g/mol. The molecule has 13 heteroatoms. The van der Waals surface area contributed by atoms with Gasteiger partial charge < -0.3 is 23.7 Å². The van der Waals surface area contributed by atoms with E-state index in [-0.39, 0.29) is 6.61 Å². The van der Waals surface area contributed by atoms with Gasteiger partial charge in [0.05, 0.1) is 0 Å². The maximum atomic E-state index is 13.3. The molecule has 0 N–H and O–H groups in total. The number of carbonyl (C=O) groups is 4. The van der Waals surface area contributed by atoms with Crippen LogP contribution in [0.3, 0.4) is 0 Å². The standard InChI is InChI=1S/C30H29ClFNO9S/c1-15(34)38-14-24-28(39-16(2)35)30(41-18(4)37)29(40-17(3)36)27(42-24)19-5-8-23(31)21(11-19)12-22-7-9-25(43-22)20-6-10-26(32)33-13-20/h5-11,13,24,27-30H,12,14H2,1-4H3/t24?,27?,28-,29+,30+/m1/s1. The molecule has 1 aliphatic rings. The van der Waals surface area contributed by atoms with E-state index in [0.717, 1.165) is 27.8 Å². The molecule has 1 aliphatic heterocycles. The first kappa shape index (κ1) is 32.1. The minimum atomic E-state index is -1.28. The topological polar surface area (TPSA) is 127 Å². The minimum Gasteiger partial charge on any atom is -0.463 e. The third-order valence-electron chi connectivity index (χ3n) is 6.43. The number of carbonyl (C=O) groups excluding carboxylic acids is 4. The van der Waals surface area contributed by atoms with Crippen LogP contribution in [0.1, 0.15) is 49.8 Å². The van der Waals surface area contributed by atoms with Gasteiger partial charge in [0.1, 0.15) is 18.8 Å². The van der Waals surface area contributed by atoms with Crippen LogP contribution in [0.4, 0.5) is 4.39 Å². The van der Waals surface area contributed by atoms with Crippen molar-refractivity contribution in [1.82, 2.24) is 4.98 Å². The van der Waals surface area contributed by atoms with E-state index in [2.05, 4.69) is 4.98 Å². The second-order valence-electron chi connectivity index (χ2n) is 9.78. The van der Waals surface area contributed by atoms with E-state index in [0.29, 0.717) is 17.0 Å². The Hall–Kier alpha value is -3.87. The minimum absolute atomic E-state index is 0.328. The van der Waals surface area contributed by atoms with Crippen molar-refractivity contribution >= 4 is 46.8 Å². The highest BCUT2D eigenvalue weighted by atomic mass is 35.5. The molecule has 3 heterocycles. The maximum Gasteiger partial charge on any atom is 0.303 e. The highest BCUT2D eigenvalue weighted by Gasteiger charge is 2.52. The van der Waals surface area contributed by atoms with Crippen molar-refractivity contribution in [3.63, 3.8) is 0 Å². The number of hydrogen-bond acceptors (Lipinski definition) is 11. The zero-order valence-corrected chi connectivity index (χ0v) is 25.3. The maximum absolute atomic E-state index is 13.3. The normalized spacial score (nSPS) is 21.5. The highest BCUT2D eigenvalue weighted by molar-refractivity contribution is 7.15. The van der Waals surface area contributed by atoms with Gasteiger partial charge in [0, 0.05) is 60.7 Å². The van der Waals surface area contributed by atoms with Crippen LogP contribution in [0.25, 0.3) is 10.4 Å². The molecule has 2 aromatic heterocycles. The molecule has 0 saturated carbocycles. The van der Waals surface area contributed by atoms with Crippen LogP contribution in [0, 0.1) is 5.95 Å². The largest absolute Gasteiger partial charge is 0.463 e. The van der Waals surface area contributed by atoms with Crippen LogP contribution in [-0.4, -0.2) is 59.9 Å². The monoisotopic (exact) mass is 633 g/mol. The van der Waals surface area contributed by atoms with Crippen molar-refractivity contribution in [2.45, 2.75) is 64.6 Å². The molecule has 228 valence electrons. The Labute approximate surface area is 256 Å². The van der Waals surface area contributed by atoms with Crippen LogP contribution in [0.15, 0.2) is 48.7 Å². The third kappa shape index (κ3) is 8.37. The predicted octanol–water partition coefficient (Wildman–Crippen LogP) is 4.99. The number of pyridine rings is 1. The van der Waals surface area contributed by atoms with Crippen LogP contribution < -0.4 is 0 Å². The van der Waals surface area contributed by atoms with E-state index >= 15 is 0 Å². The summed E-state index contributed by atoms with van der Waals surface area (Å²) in [5, 5.41) is 0.466. The number of aromatic nitrogens is 1. The Morgan fingerprint density at radius 3 is 2.19 bits per heavy atom. The number of ether oxygens (including phenoxy) is 5. The zero-order valence-electron chi connectivity index (χ0n) is 23.7. The summed E-state index contributed by atoms with van der Waals surface area (Å²) in [5.41, 5.74) is 2.02. The van der Waals surface area contributed by atoms with Gasteiger partial charge >= 0.3 is 23.9 Å². The summed E-state index contributed by atoms with van der Waals surface area (Å²) in [6.07, 6.45) is -3.97. The van der Waals surface area contributed by atoms with Crippen molar-refractivity contribution in [3.05, 3.63) is 75.6 Å². The van der Waals surface area contributed by atoms with Crippen LogP contribution in [0.2, 0.25) is 5.02 Å². The van der Waals surface area contributed by atoms with Crippen molar-refractivity contribution < 1.29 is 47.3 Å². The van der Waals surface area contributed by atoms with Gasteiger partial charge in [0.15, 0.2) is 18.3 Å². The Morgan fingerprint density at radius 1 is 0.884 bits per heavy atom. The molecule has 4 rings (SSSR count). The fraction of sp³-hybridized carbons (Fsp3) is 0.367. The fourth-order valence-electron chi connectivity index (χ4n) is 4.74. The van der Waals surface area contributed by atoms with E-state index in [9.17, 15) is 23.6 Å². The lowest BCUT2D eigenvalue weighted by Crippen LogP contribution is -2.59. The number of nitrogens with zero attached hydrogens (tertiary/aromatic N) is 1. The molecule has 43 heavy (non-hydrogen) atoms. The molecule has 0 aliphatic carbocycles. The van der Waals surface area contributed by atoms with E-state index in [1.807, 2.05) is 12.1 Å². The SMILES string of the molecule is CC(=O)OCC1OC(c2ccc(Cl)c(Cc3ccc(-c4ccc(F)nc4)s3)c2)[C@H](OC(C)=O)[C@@H](OC(C)=O)[C@@H]1OC(C)=O. The van der Waals surface area contributed by atoms with Crippen LogP contribution in [-0.2, 0) is 49.3 Å². The van der Waals surface area contributed by atoms with Crippen LogP contribution >= 0.6 is 22.9 Å². The second-order valence-corrected chi connectivity index (χ2v) is 11.4. The van der Waals surface area contributed by atoms with E-state index in [4.69, 9.17) is 35.3 Å². The van der Waals surface area contributed by atoms with Crippen molar-refractivity contribution in [1.29, 1.82) is 0 Å². The van der Waals surface area contributed by atoms with Gasteiger partial charge in [0.2, 0.25) is 5.95 Å². The van der Waals surface area contributed by atoms with Gasteiger partial charge in [0.25, 0.3) is 0 Å². The first-order valence-electron chi connectivity index (χ1n) is 13.2. The van der Waals surface area contributed by atoms with Gasteiger partial charge in [-0.1, -0.05) is 23.7 Å². The highest BCUT2D eigenvalue weighted by Crippen LogP contribution is 2.39. The van der Waals surface area contributed by atoms with Gasteiger partial charge in [-0.2, -0.15) is 4.39 Å². The Morgan fingerprint density at radius 2 is 1.56 bits per heavy atom. The molecule has 1 aromatic carbocycles. The molecular formula is C30H29ClFNO9S. The van der Waals surface area contributed by atoms with Crippen molar-refractivity contribution in [2.75, 3.05) is 6.61 Å². The summed E-state index contributed by atoms with van der Waals surface area (Å²) < 4.78 is 41.3. The molecule has 5 atom stereocenters. The van der Waals surface area contributed by atoms with Gasteiger partial charge in [-0.15, -0.1) is 11.3 Å². The first-order valence-corrected chi connectivity index (χ1v) is 14.4. The summed E-state index contributed by atoms with van der Waals surface area (Å²) in [4.78, 5) is 53.5. The number of esters is 4. The lowest BCUT2D eigenvalue weighted by Gasteiger charge is -2.44. The Bertz CT molecular complexity index is 1490. The number of benzene rings is 1. The van der Waals surface area contributed by atoms with Gasteiger partial charge in [-0.05, 0) is 41.5 Å². The summed E-state index contributed by atoms with van der Waals surface area (Å²) >= 11 is 8.07. The molecular weight excluding hydrogens is 605 g/mol. The van der Waals surface area contributed by atoms with E-state index in [1.54, 1.807) is 24.3 Å². The molecule has 1 saturated heterocycles. The lowest BCUT2D eigenvalue weighted by atomic mass is 9.89. The lowest BCUT2D eigenvalue weighted by molar-refractivity contribution is -0.254. The number of halogens is 2. The van der Waals surface area contributed by atoms with Crippen molar-refractivity contribution in [3.8, 4) is 10.4 Å². The fourth-order valence-corrected chi connectivity index (χ4v) is 5.95. The number of thiophene rings is 1. The summed E-state index contributed by atoms with van der Waals surface area (Å²) in [6, 6.07) is 11.9.